The molecule has 0 aliphatic rings. The van der Waals surface area contributed by atoms with Gasteiger partial charge in [-0.3, -0.25) is 9.59 Å². The third-order valence-electron chi connectivity index (χ3n) is 5.69. The lowest BCUT2D eigenvalue weighted by atomic mass is 10.1. The Morgan fingerprint density at radius 2 is 1.44 bits per heavy atom. The molecule has 0 bridgehead atoms. The van der Waals surface area contributed by atoms with Crippen LogP contribution in [0.25, 0.3) is 6.08 Å². The fourth-order valence-corrected chi connectivity index (χ4v) is 3.91. The van der Waals surface area contributed by atoms with Gasteiger partial charge in [0.2, 0.25) is 0 Å². The molecule has 0 heterocycles. The normalized spacial score (nSPS) is 10.7. The van der Waals surface area contributed by atoms with Gasteiger partial charge < -0.3 is 26.0 Å². The Labute approximate surface area is 232 Å². The average molecular weight is 537 g/mol. The first-order chi connectivity index (χ1) is 19.0. The molecule has 2 amide bonds. The van der Waals surface area contributed by atoms with E-state index in [0.717, 1.165) is 22.5 Å². The molecule has 0 aromatic heterocycles. The first-order valence-corrected chi connectivity index (χ1v) is 12.6. The smallest absolute Gasteiger partial charge is 0.268 e. The van der Waals surface area contributed by atoms with Crippen molar-refractivity contribution in [3.63, 3.8) is 0 Å². The molecule has 7 nitrogen and oxygen atoms in total. The lowest BCUT2D eigenvalue weighted by molar-refractivity contribution is -0.117. The SMILES string of the molecule is COc1ccc(/C=C(\NC(=O)c2ccccc2)C(=O)NCc2ccccc2NC(=S)Nc2ccccc2)cc1. The number of hydrogen-bond acceptors (Lipinski definition) is 4. The van der Waals surface area contributed by atoms with Crippen LogP contribution >= 0.6 is 12.2 Å². The van der Waals surface area contributed by atoms with Gasteiger partial charge in [0.15, 0.2) is 5.11 Å². The Balaban J connectivity index is 1.48. The number of carbonyl (C=O) groups is 2. The summed E-state index contributed by atoms with van der Waals surface area (Å²) in [6, 6.07) is 33.1. The quantitative estimate of drug-likeness (QED) is 0.165. The van der Waals surface area contributed by atoms with Crippen LogP contribution < -0.4 is 26.0 Å². The number of anilines is 2. The van der Waals surface area contributed by atoms with Gasteiger partial charge in [-0.25, -0.2) is 0 Å². The van der Waals surface area contributed by atoms with Gasteiger partial charge in [0, 0.05) is 23.5 Å². The van der Waals surface area contributed by atoms with Crippen molar-refractivity contribution < 1.29 is 14.3 Å². The van der Waals surface area contributed by atoms with Crippen molar-refractivity contribution in [1.82, 2.24) is 10.6 Å². The van der Waals surface area contributed by atoms with Crippen LogP contribution in [0.2, 0.25) is 0 Å². The van der Waals surface area contributed by atoms with Crippen LogP contribution in [0.3, 0.4) is 0 Å². The van der Waals surface area contributed by atoms with E-state index in [-0.39, 0.29) is 18.1 Å². The molecule has 0 aliphatic heterocycles. The number of nitrogens with one attached hydrogen (secondary N) is 4. The fraction of sp³-hybridized carbons (Fsp3) is 0.0645. The first kappa shape index (κ1) is 27.1. The summed E-state index contributed by atoms with van der Waals surface area (Å²) in [6.45, 7) is 0.205. The molecule has 8 heteroatoms. The van der Waals surface area contributed by atoms with E-state index in [2.05, 4.69) is 21.3 Å². The highest BCUT2D eigenvalue weighted by Gasteiger charge is 2.15. The van der Waals surface area contributed by atoms with Gasteiger partial charge in [0.1, 0.15) is 11.4 Å². The zero-order valence-electron chi connectivity index (χ0n) is 21.3. The molecule has 0 spiro atoms. The van der Waals surface area contributed by atoms with E-state index in [0.29, 0.717) is 16.4 Å². The minimum absolute atomic E-state index is 0.112. The average Bonchev–Trinajstić information content (AvgIpc) is 2.97. The molecule has 0 unspecified atom stereocenters. The van der Waals surface area contributed by atoms with Gasteiger partial charge in [0.05, 0.1) is 7.11 Å². The summed E-state index contributed by atoms with van der Waals surface area (Å²) < 4.78 is 5.21. The summed E-state index contributed by atoms with van der Waals surface area (Å²) >= 11 is 5.46. The Hall–Kier alpha value is -4.95. The Kier molecular flexibility index (Phi) is 9.42. The highest BCUT2D eigenvalue weighted by atomic mass is 32.1. The highest BCUT2D eigenvalue weighted by molar-refractivity contribution is 7.80. The maximum Gasteiger partial charge on any atom is 0.268 e. The zero-order valence-corrected chi connectivity index (χ0v) is 22.1. The molecule has 0 saturated carbocycles. The van der Waals surface area contributed by atoms with Gasteiger partial charge in [0.25, 0.3) is 11.8 Å². The lowest BCUT2D eigenvalue weighted by Crippen LogP contribution is -2.34. The van der Waals surface area contributed by atoms with Crippen molar-refractivity contribution in [2.45, 2.75) is 6.54 Å². The number of benzene rings is 4. The van der Waals surface area contributed by atoms with Gasteiger partial charge in [-0.15, -0.1) is 0 Å². The second-order valence-corrected chi connectivity index (χ2v) is 8.84. The summed E-state index contributed by atoms with van der Waals surface area (Å²) in [5.41, 5.74) is 3.72. The number of carbonyl (C=O) groups excluding carboxylic acids is 2. The third-order valence-corrected chi connectivity index (χ3v) is 5.90. The first-order valence-electron chi connectivity index (χ1n) is 12.2. The number of methoxy groups -OCH3 is 1. The number of amides is 2. The largest absolute Gasteiger partial charge is 0.497 e. The minimum Gasteiger partial charge on any atom is -0.497 e. The number of thiocarbonyl (C=S) groups is 1. The van der Waals surface area contributed by atoms with Crippen molar-refractivity contribution in [2.75, 3.05) is 17.7 Å². The van der Waals surface area contributed by atoms with Gasteiger partial charge in [-0.1, -0.05) is 66.7 Å². The highest BCUT2D eigenvalue weighted by Crippen LogP contribution is 2.17. The lowest BCUT2D eigenvalue weighted by Gasteiger charge is -2.16. The van der Waals surface area contributed by atoms with E-state index in [1.54, 1.807) is 61.7 Å². The van der Waals surface area contributed by atoms with Gasteiger partial charge in [-0.2, -0.15) is 0 Å². The molecule has 4 rings (SSSR count). The van der Waals surface area contributed by atoms with E-state index in [9.17, 15) is 9.59 Å². The maximum atomic E-state index is 13.3. The van der Waals surface area contributed by atoms with Crippen molar-refractivity contribution in [3.8, 4) is 5.75 Å². The molecule has 4 N–H and O–H groups in total. The van der Waals surface area contributed by atoms with Gasteiger partial charge >= 0.3 is 0 Å². The summed E-state index contributed by atoms with van der Waals surface area (Å²) in [5, 5.41) is 12.4. The van der Waals surface area contributed by atoms with E-state index in [4.69, 9.17) is 17.0 Å². The second-order valence-electron chi connectivity index (χ2n) is 8.44. The van der Waals surface area contributed by atoms with Crippen LogP contribution in [0.4, 0.5) is 11.4 Å². The van der Waals surface area contributed by atoms with Crippen LogP contribution in [0.5, 0.6) is 5.75 Å². The molecular formula is C31H28N4O3S. The Morgan fingerprint density at radius 3 is 2.13 bits per heavy atom. The summed E-state index contributed by atoms with van der Waals surface area (Å²) in [5.74, 6) is -0.130. The molecule has 0 aliphatic carbocycles. The Morgan fingerprint density at radius 1 is 0.795 bits per heavy atom. The molecule has 39 heavy (non-hydrogen) atoms. The summed E-state index contributed by atoms with van der Waals surface area (Å²) in [4.78, 5) is 26.2. The number of para-hydroxylation sites is 2. The molecule has 4 aromatic carbocycles. The van der Waals surface area contributed by atoms with Crippen LogP contribution in [0, 0.1) is 0 Å². The van der Waals surface area contributed by atoms with Crippen molar-refractivity contribution in [2.24, 2.45) is 0 Å². The van der Waals surface area contributed by atoms with Crippen LogP contribution in [0.15, 0.2) is 115 Å². The predicted molar refractivity (Wildman–Crippen MR) is 159 cm³/mol. The fourth-order valence-electron chi connectivity index (χ4n) is 3.68. The number of ether oxygens (including phenoxy) is 1. The minimum atomic E-state index is -0.435. The monoisotopic (exact) mass is 536 g/mol. The second kappa shape index (κ2) is 13.6. The standard InChI is InChI=1S/C31H28N4O3S/c1-38-26-18-16-22(17-19-26)20-28(34-29(36)23-10-4-2-5-11-23)30(37)32-21-24-12-8-9-15-27(24)35-31(39)33-25-13-6-3-7-14-25/h2-20H,21H2,1H3,(H,32,37)(H,34,36)(H2,33,35,39)/b28-20-. The van der Waals surface area contributed by atoms with Gasteiger partial charge in [-0.05, 0) is 71.9 Å². The van der Waals surface area contributed by atoms with Crippen molar-refractivity contribution >= 4 is 46.6 Å². The third kappa shape index (κ3) is 8.02. The molecular weight excluding hydrogens is 508 g/mol. The van der Waals surface area contributed by atoms with Crippen molar-refractivity contribution in [1.29, 1.82) is 0 Å². The zero-order chi connectivity index (χ0) is 27.5. The molecule has 0 radical (unpaired) electrons. The van der Waals surface area contributed by atoms with Crippen LogP contribution in [-0.2, 0) is 11.3 Å². The molecule has 0 atom stereocenters. The molecule has 196 valence electrons. The van der Waals surface area contributed by atoms with E-state index in [1.165, 1.54) is 0 Å². The number of hydrogen-bond donors (Lipinski definition) is 4. The maximum absolute atomic E-state index is 13.3. The summed E-state index contributed by atoms with van der Waals surface area (Å²) in [7, 11) is 1.58. The molecule has 4 aromatic rings. The van der Waals surface area contributed by atoms with E-state index in [1.807, 2.05) is 60.7 Å². The van der Waals surface area contributed by atoms with E-state index >= 15 is 0 Å². The van der Waals surface area contributed by atoms with Crippen molar-refractivity contribution in [3.05, 3.63) is 132 Å². The predicted octanol–water partition coefficient (Wildman–Crippen LogP) is 5.59. The van der Waals surface area contributed by atoms with E-state index < -0.39 is 5.91 Å². The van der Waals surface area contributed by atoms with Crippen LogP contribution in [-0.4, -0.2) is 24.0 Å². The number of rotatable bonds is 9. The summed E-state index contributed by atoms with van der Waals surface area (Å²) in [6.07, 6.45) is 1.62. The molecule has 0 saturated heterocycles. The Bertz CT molecular complexity index is 1460. The molecule has 0 fully saturated rings. The van der Waals surface area contributed by atoms with Crippen LogP contribution in [0.1, 0.15) is 21.5 Å². The topological polar surface area (TPSA) is 91.5 Å².